The van der Waals surface area contributed by atoms with E-state index in [9.17, 15) is 0 Å². The summed E-state index contributed by atoms with van der Waals surface area (Å²) >= 11 is 1.75. The third-order valence-electron chi connectivity index (χ3n) is 2.18. The van der Waals surface area contributed by atoms with E-state index >= 15 is 0 Å². The Hall–Kier alpha value is -1.35. The second kappa shape index (κ2) is 3.42. The molecule has 0 aliphatic carbocycles. The molecule has 0 aliphatic rings. The molecule has 0 spiro atoms. The van der Waals surface area contributed by atoms with Gasteiger partial charge < -0.3 is 5.73 Å². The van der Waals surface area contributed by atoms with E-state index in [4.69, 9.17) is 5.73 Å². The fourth-order valence-corrected chi connectivity index (χ4v) is 2.46. The molecule has 0 bridgehead atoms. The third kappa shape index (κ3) is 1.51. The molecule has 2 aromatic rings. The van der Waals surface area contributed by atoms with Crippen molar-refractivity contribution in [1.82, 2.24) is 4.98 Å². The molecule has 0 saturated heterocycles. The van der Waals surface area contributed by atoms with E-state index < -0.39 is 0 Å². The Balaban J connectivity index is 2.61. The summed E-state index contributed by atoms with van der Waals surface area (Å²) in [6.45, 7) is 4.15. The molecule has 2 rings (SSSR count). The summed E-state index contributed by atoms with van der Waals surface area (Å²) in [4.78, 5) is 6.60. The van der Waals surface area contributed by atoms with Gasteiger partial charge in [-0.1, -0.05) is 0 Å². The molecule has 0 amide bonds. The lowest BCUT2D eigenvalue weighted by molar-refractivity contribution is 1.30. The van der Waals surface area contributed by atoms with Gasteiger partial charge in [-0.2, -0.15) is 0 Å². The number of thiophene rings is 1. The van der Waals surface area contributed by atoms with Gasteiger partial charge in [0.1, 0.15) is 5.82 Å². The first kappa shape index (κ1) is 9.21. The zero-order valence-electron chi connectivity index (χ0n) is 8.24. The number of aryl methyl sites for hydroxylation is 2. The minimum absolute atomic E-state index is 0.617. The molecule has 14 heavy (non-hydrogen) atoms. The van der Waals surface area contributed by atoms with Crippen LogP contribution in [0.15, 0.2) is 24.4 Å². The molecule has 3 heteroatoms. The van der Waals surface area contributed by atoms with Crippen LogP contribution in [-0.4, -0.2) is 4.98 Å². The van der Waals surface area contributed by atoms with Crippen molar-refractivity contribution in [2.75, 3.05) is 5.73 Å². The quantitative estimate of drug-likeness (QED) is 0.775. The molecular formula is C11H12N2S. The highest BCUT2D eigenvalue weighted by atomic mass is 32.1. The topological polar surface area (TPSA) is 38.9 Å². The molecule has 0 radical (unpaired) electrons. The van der Waals surface area contributed by atoms with Gasteiger partial charge in [0.2, 0.25) is 0 Å². The number of rotatable bonds is 1. The Labute approximate surface area is 87.4 Å². The van der Waals surface area contributed by atoms with E-state index in [2.05, 4.69) is 31.0 Å². The van der Waals surface area contributed by atoms with Crippen molar-refractivity contribution in [3.63, 3.8) is 0 Å². The fourth-order valence-electron chi connectivity index (χ4n) is 1.47. The molecule has 2 N–H and O–H groups in total. The zero-order chi connectivity index (χ0) is 10.1. The molecule has 0 aromatic carbocycles. The molecule has 0 aliphatic heterocycles. The van der Waals surface area contributed by atoms with E-state index in [-0.39, 0.29) is 0 Å². The summed E-state index contributed by atoms with van der Waals surface area (Å²) in [6, 6.07) is 6.19. The minimum atomic E-state index is 0.617. The maximum atomic E-state index is 5.86. The van der Waals surface area contributed by atoms with Crippen molar-refractivity contribution in [1.29, 1.82) is 0 Å². The van der Waals surface area contributed by atoms with Crippen molar-refractivity contribution < 1.29 is 0 Å². The first-order valence-electron chi connectivity index (χ1n) is 4.46. The van der Waals surface area contributed by atoms with Crippen LogP contribution < -0.4 is 5.73 Å². The minimum Gasteiger partial charge on any atom is -0.383 e. The van der Waals surface area contributed by atoms with Crippen LogP contribution >= 0.6 is 11.3 Å². The molecule has 0 unspecified atom stereocenters. The van der Waals surface area contributed by atoms with E-state index in [1.165, 1.54) is 15.3 Å². The van der Waals surface area contributed by atoms with Gasteiger partial charge in [-0.25, -0.2) is 4.98 Å². The molecular weight excluding hydrogens is 192 g/mol. The van der Waals surface area contributed by atoms with Gasteiger partial charge in [-0.05, 0) is 37.6 Å². The average Bonchev–Trinajstić information content (AvgIpc) is 2.51. The van der Waals surface area contributed by atoms with Crippen molar-refractivity contribution in [2.24, 2.45) is 0 Å². The molecule has 2 heterocycles. The van der Waals surface area contributed by atoms with Crippen molar-refractivity contribution in [2.45, 2.75) is 13.8 Å². The van der Waals surface area contributed by atoms with Gasteiger partial charge in [0.15, 0.2) is 0 Å². The highest BCUT2D eigenvalue weighted by Gasteiger charge is 2.08. The van der Waals surface area contributed by atoms with E-state index in [1.807, 2.05) is 6.07 Å². The maximum absolute atomic E-state index is 5.86. The SMILES string of the molecule is Cc1ccc(-c2c(C)ccnc2N)s1. The van der Waals surface area contributed by atoms with E-state index in [1.54, 1.807) is 17.5 Å². The Morgan fingerprint density at radius 2 is 2.00 bits per heavy atom. The highest BCUT2D eigenvalue weighted by Crippen LogP contribution is 2.33. The van der Waals surface area contributed by atoms with Crippen LogP contribution in [0.25, 0.3) is 10.4 Å². The van der Waals surface area contributed by atoms with E-state index in [0.717, 1.165) is 5.56 Å². The fraction of sp³-hybridized carbons (Fsp3) is 0.182. The van der Waals surface area contributed by atoms with Gasteiger partial charge in [-0.3, -0.25) is 0 Å². The summed E-state index contributed by atoms with van der Waals surface area (Å²) < 4.78 is 0. The summed E-state index contributed by atoms with van der Waals surface area (Å²) in [6.07, 6.45) is 1.74. The molecule has 0 atom stereocenters. The van der Waals surface area contributed by atoms with Crippen molar-refractivity contribution in [3.8, 4) is 10.4 Å². The number of pyridine rings is 1. The molecule has 2 aromatic heterocycles. The lowest BCUT2D eigenvalue weighted by atomic mass is 10.1. The van der Waals surface area contributed by atoms with Crippen LogP contribution in [-0.2, 0) is 0 Å². The van der Waals surface area contributed by atoms with Crippen LogP contribution in [0.5, 0.6) is 0 Å². The van der Waals surface area contributed by atoms with Crippen LogP contribution in [0, 0.1) is 13.8 Å². The van der Waals surface area contributed by atoms with Gasteiger partial charge in [0, 0.05) is 21.5 Å². The zero-order valence-corrected chi connectivity index (χ0v) is 9.06. The number of anilines is 1. The Kier molecular flexibility index (Phi) is 2.25. The lowest BCUT2D eigenvalue weighted by Crippen LogP contribution is -1.94. The van der Waals surface area contributed by atoms with Gasteiger partial charge in [0.05, 0.1) is 0 Å². The summed E-state index contributed by atoms with van der Waals surface area (Å²) in [7, 11) is 0. The van der Waals surface area contributed by atoms with Crippen LogP contribution in [0.3, 0.4) is 0 Å². The van der Waals surface area contributed by atoms with E-state index in [0.29, 0.717) is 5.82 Å². The Morgan fingerprint density at radius 3 is 2.57 bits per heavy atom. The molecule has 0 fully saturated rings. The summed E-state index contributed by atoms with van der Waals surface area (Å²) in [5, 5.41) is 0. The number of hydrogen-bond acceptors (Lipinski definition) is 3. The first-order chi connectivity index (χ1) is 6.68. The van der Waals surface area contributed by atoms with Gasteiger partial charge >= 0.3 is 0 Å². The third-order valence-corrected chi connectivity index (χ3v) is 3.19. The van der Waals surface area contributed by atoms with Crippen LogP contribution in [0.4, 0.5) is 5.82 Å². The Bertz CT molecular complexity index is 440. The Morgan fingerprint density at radius 1 is 1.21 bits per heavy atom. The number of nitrogens with two attached hydrogens (primary N) is 1. The van der Waals surface area contributed by atoms with Crippen molar-refractivity contribution in [3.05, 3.63) is 34.8 Å². The number of aromatic nitrogens is 1. The van der Waals surface area contributed by atoms with Gasteiger partial charge in [0.25, 0.3) is 0 Å². The monoisotopic (exact) mass is 204 g/mol. The normalized spacial score (nSPS) is 10.4. The standard InChI is InChI=1S/C11H12N2S/c1-7-5-6-13-11(12)10(7)9-4-3-8(2)14-9/h3-6H,1-2H3,(H2,12,13). The summed E-state index contributed by atoms with van der Waals surface area (Å²) in [5.41, 5.74) is 8.11. The lowest BCUT2D eigenvalue weighted by Gasteiger charge is -2.05. The van der Waals surface area contributed by atoms with Gasteiger partial charge in [-0.15, -0.1) is 11.3 Å². The number of nitrogen functional groups attached to an aromatic ring is 1. The number of hydrogen-bond donors (Lipinski definition) is 1. The highest BCUT2D eigenvalue weighted by molar-refractivity contribution is 7.15. The molecule has 72 valence electrons. The second-order valence-corrected chi connectivity index (χ2v) is 4.59. The van der Waals surface area contributed by atoms with Crippen LogP contribution in [0.1, 0.15) is 10.4 Å². The maximum Gasteiger partial charge on any atom is 0.132 e. The smallest absolute Gasteiger partial charge is 0.132 e. The number of nitrogens with zero attached hydrogens (tertiary/aromatic N) is 1. The average molecular weight is 204 g/mol. The predicted octanol–water partition coefficient (Wildman–Crippen LogP) is 3.01. The largest absolute Gasteiger partial charge is 0.383 e. The van der Waals surface area contributed by atoms with Crippen LogP contribution in [0.2, 0.25) is 0 Å². The molecule has 2 nitrogen and oxygen atoms in total. The second-order valence-electron chi connectivity index (χ2n) is 3.30. The summed E-state index contributed by atoms with van der Waals surface area (Å²) in [5.74, 6) is 0.617. The molecule has 0 saturated carbocycles. The predicted molar refractivity (Wildman–Crippen MR) is 61.4 cm³/mol. The van der Waals surface area contributed by atoms with Crippen molar-refractivity contribution >= 4 is 17.2 Å². The first-order valence-corrected chi connectivity index (χ1v) is 5.28.